The molecule has 0 saturated heterocycles. The molecule has 0 spiro atoms. The molecule has 2 aromatic carbocycles. The number of hydrogen-bond donors (Lipinski definition) is 0. The van der Waals surface area contributed by atoms with Crippen LogP contribution in [0.4, 0.5) is 0 Å². The smallest absolute Gasteiger partial charge is 0.0741 e. The Labute approximate surface area is 189 Å². The van der Waals surface area contributed by atoms with Gasteiger partial charge in [-0.05, 0) is 64.2 Å². The molecule has 1 nitrogen and oxygen atoms in total. The van der Waals surface area contributed by atoms with Crippen molar-refractivity contribution >= 4 is 17.4 Å². The van der Waals surface area contributed by atoms with E-state index in [2.05, 4.69) is 114 Å². The van der Waals surface area contributed by atoms with Crippen molar-refractivity contribution < 1.29 is 0 Å². The lowest BCUT2D eigenvalue weighted by atomic mass is 9.92. The highest BCUT2D eigenvalue weighted by molar-refractivity contribution is 6.19. The van der Waals surface area contributed by atoms with Crippen molar-refractivity contribution in [3.8, 4) is 0 Å². The van der Waals surface area contributed by atoms with E-state index in [1.807, 2.05) is 6.92 Å². The van der Waals surface area contributed by atoms with E-state index in [0.29, 0.717) is 0 Å². The summed E-state index contributed by atoms with van der Waals surface area (Å²) in [5, 5.41) is 0. The van der Waals surface area contributed by atoms with Crippen LogP contribution >= 0.6 is 0 Å². The quantitative estimate of drug-likeness (QED) is 0.170. The Kier molecular flexibility index (Phi) is 9.46. The fourth-order valence-electron chi connectivity index (χ4n) is 3.52. The first-order valence-electron chi connectivity index (χ1n) is 11.2. The molecule has 1 heteroatoms. The van der Waals surface area contributed by atoms with Crippen LogP contribution in [0.3, 0.4) is 0 Å². The van der Waals surface area contributed by atoms with E-state index in [-0.39, 0.29) is 6.04 Å². The van der Waals surface area contributed by atoms with Crippen LogP contribution in [0.2, 0.25) is 0 Å². The van der Waals surface area contributed by atoms with E-state index < -0.39 is 0 Å². The summed E-state index contributed by atoms with van der Waals surface area (Å²) in [5.74, 6) is 0. The van der Waals surface area contributed by atoms with Gasteiger partial charge >= 0.3 is 0 Å². The maximum absolute atomic E-state index is 5.03. The predicted molar refractivity (Wildman–Crippen MR) is 140 cm³/mol. The summed E-state index contributed by atoms with van der Waals surface area (Å²) in [6, 6.07) is 17.6. The van der Waals surface area contributed by atoms with Gasteiger partial charge in [0.1, 0.15) is 0 Å². The van der Waals surface area contributed by atoms with Gasteiger partial charge < -0.3 is 0 Å². The monoisotopic (exact) mass is 411 g/mol. The van der Waals surface area contributed by atoms with E-state index in [4.69, 9.17) is 4.99 Å². The molecule has 0 aliphatic rings. The molecular weight excluding hydrogens is 374 g/mol. The minimum atomic E-state index is 0.0677. The second kappa shape index (κ2) is 12.1. The largest absolute Gasteiger partial charge is 0.284 e. The van der Waals surface area contributed by atoms with Crippen LogP contribution in [0, 0.1) is 13.8 Å². The van der Waals surface area contributed by atoms with Gasteiger partial charge in [0.2, 0.25) is 0 Å². The van der Waals surface area contributed by atoms with E-state index in [1.165, 1.54) is 39.0 Å². The summed E-state index contributed by atoms with van der Waals surface area (Å²) in [4.78, 5) is 5.03. The van der Waals surface area contributed by atoms with E-state index in [0.717, 1.165) is 18.4 Å². The summed E-state index contributed by atoms with van der Waals surface area (Å²) in [6.45, 7) is 16.9. The van der Waals surface area contributed by atoms with Crippen LogP contribution in [-0.4, -0.2) is 12.3 Å². The van der Waals surface area contributed by atoms with E-state index >= 15 is 0 Å². The van der Waals surface area contributed by atoms with Crippen LogP contribution in [0.5, 0.6) is 0 Å². The summed E-state index contributed by atoms with van der Waals surface area (Å²) >= 11 is 0. The SMILES string of the molecule is C=C(C)C(C/C(C)=C/C=C\C)N=C/C(=C(\CC)c1ccc(C)cc1)c1ccc(C)cc1. The zero-order chi connectivity index (χ0) is 22.8. The fraction of sp³-hybridized carbons (Fsp3) is 0.300. The van der Waals surface area contributed by atoms with Gasteiger partial charge in [0.05, 0.1) is 6.04 Å². The fourth-order valence-corrected chi connectivity index (χ4v) is 3.52. The zero-order valence-electron chi connectivity index (χ0n) is 20.1. The Hall–Kier alpha value is -2.93. The standard InChI is InChI=1S/C30H37N/c1-8-10-11-25(7)20-30(22(3)4)31-21-29(27-18-14-24(6)15-19-27)28(9-2)26-16-12-23(5)13-17-26/h8,10-19,21,30H,3,9,20H2,1-2,4-7H3/b10-8-,25-11+,29-28-,31-21?. The number of benzene rings is 2. The third-order valence-corrected chi connectivity index (χ3v) is 5.48. The Balaban J connectivity index is 2.54. The van der Waals surface area contributed by atoms with Gasteiger partial charge in [-0.3, -0.25) is 4.99 Å². The number of nitrogens with zero attached hydrogens (tertiary/aromatic N) is 1. The zero-order valence-corrected chi connectivity index (χ0v) is 20.1. The van der Waals surface area contributed by atoms with Gasteiger partial charge in [0.25, 0.3) is 0 Å². The summed E-state index contributed by atoms with van der Waals surface area (Å²) < 4.78 is 0. The number of rotatable bonds is 9. The van der Waals surface area contributed by atoms with Crippen LogP contribution in [0.15, 0.2) is 89.5 Å². The van der Waals surface area contributed by atoms with Crippen molar-refractivity contribution in [3.63, 3.8) is 0 Å². The predicted octanol–water partition coefficient (Wildman–Crippen LogP) is 8.55. The molecule has 0 aliphatic heterocycles. The van der Waals surface area contributed by atoms with Crippen molar-refractivity contribution in [1.82, 2.24) is 0 Å². The molecule has 1 atom stereocenters. The Bertz CT molecular complexity index is 980. The third-order valence-electron chi connectivity index (χ3n) is 5.48. The molecule has 0 aliphatic carbocycles. The first-order chi connectivity index (χ1) is 14.8. The molecule has 0 bridgehead atoms. The topological polar surface area (TPSA) is 12.4 Å². The Morgan fingerprint density at radius 3 is 1.97 bits per heavy atom. The van der Waals surface area contributed by atoms with Gasteiger partial charge in [-0.15, -0.1) is 0 Å². The third kappa shape index (κ3) is 7.36. The minimum Gasteiger partial charge on any atom is -0.284 e. The Morgan fingerprint density at radius 2 is 1.48 bits per heavy atom. The molecule has 2 rings (SSSR count). The molecule has 0 fully saturated rings. The minimum absolute atomic E-state index is 0.0677. The highest BCUT2D eigenvalue weighted by atomic mass is 14.8. The van der Waals surface area contributed by atoms with Crippen LogP contribution in [-0.2, 0) is 0 Å². The second-order valence-corrected chi connectivity index (χ2v) is 8.36. The molecule has 0 N–H and O–H groups in total. The van der Waals surface area contributed by atoms with Crippen molar-refractivity contribution in [2.24, 2.45) is 4.99 Å². The van der Waals surface area contributed by atoms with E-state index in [9.17, 15) is 0 Å². The lowest BCUT2D eigenvalue weighted by Crippen LogP contribution is -2.07. The highest BCUT2D eigenvalue weighted by Crippen LogP contribution is 2.29. The number of hydrogen-bond acceptors (Lipinski definition) is 1. The molecule has 0 radical (unpaired) electrons. The number of aliphatic imine (C=N–C) groups is 1. The van der Waals surface area contributed by atoms with Crippen molar-refractivity contribution in [2.45, 2.75) is 60.4 Å². The first-order valence-corrected chi connectivity index (χ1v) is 11.2. The molecule has 0 saturated carbocycles. The average molecular weight is 412 g/mol. The van der Waals surface area contributed by atoms with Crippen LogP contribution in [0.1, 0.15) is 62.8 Å². The van der Waals surface area contributed by atoms with Gasteiger partial charge in [-0.25, -0.2) is 0 Å². The maximum Gasteiger partial charge on any atom is 0.0741 e. The maximum atomic E-state index is 5.03. The van der Waals surface area contributed by atoms with Crippen LogP contribution in [0.25, 0.3) is 11.1 Å². The second-order valence-electron chi connectivity index (χ2n) is 8.36. The molecular formula is C30H37N. The number of aryl methyl sites for hydroxylation is 2. The van der Waals surface area contributed by atoms with Crippen molar-refractivity contribution in [2.75, 3.05) is 0 Å². The lowest BCUT2D eigenvalue weighted by Gasteiger charge is -2.16. The summed E-state index contributed by atoms with van der Waals surface area (Å²) in [7, 11) is 0. The lowest BCUT2D eigenvalue weighted by molar-refractivity contribution is 0.765. The molecule has 162 valence electrons. The molecule has 0 heterocycles. The molecule has 0 aromatic heterocycles. The van der Waals surface area contributed by atoms with Gasteiger partial charge in [0.15, 0.2) is 0 Å². The molecule has 0 amide bonds. The molecule has 31 heavy (non-hydrogen) atoms. The van der Waals surface area contributed by atoms with Gasteiger partial charge in [-0.2, -0.15) is 0 Å². The van der Waals surface area contributed by atoms with Gasteiger partial charge in [0, 0.05) is 11.8 Å². The Morgan fingerprint density at radius 1 is 0.935 bits per heavy atom. The number of allylic oxidation sites excluding steroid dienone is 5. The van der Waals surface area contributed by atoms with Crippen molar-refractivity contribution in [3.05, 3.63) is 107 Å². The van der Waals surface area contributed by atoms with Gasteiger partial charge in [-0.1, -0.05) is 103 Å². The normalized spacial score (nSPS) is 14.2. The molecule has 1 unspecified atom stereocenters. The van der Waals surface area contributed by atoms with Crippen LogP contribution < -0.4 is 0 Å². The summed E-state index contributed by atoms with van der Waals surface area (Å²) in [6.07, 6.45) is 10.2. The highest BCUT2D eigenvalue weighted by Gasteiger charge is 2.12. The molecule has 2 aromatic rings. The summed E-state index contributed by atoms with van der Waals surface area (Å²) in [5.41, 5.74) is 9.88. The van der Waals surface area contributed by atoms with E-state index in [1.54, 1.807) is 0 Å². The van der Waals surface area contributed by atoms with Crippen molar-refractivity contribution in [1.29, 1.82) is 0 Å². The average Bonchev–Trinajstić information content (AvgIpc) is 2.75. The first kappa shape index (κ1) is 24.3.